The van der Waals surface area contributed by atoms with E-state index >= 15 is 0 Å². The van der Waals surface area contributed by atoms with Crippen LogP contribution in [0.4, 0.5) is 8.78 Å². The Balaban J connectivity index is 2.28. The molecule has 0 heterocycles. The molecule has 1 atom stereocenters. The lowest BCUT2D eigenvalue weighted by atomic mass is 9.96. The number of aryl methyl sites for hydroxylation is 1. The molecule has 2 N–H and O–H groups in total. The lowest BCUT2D eigenvalue weighted by Crippen LogP contribution is -2.16. The maximum absolute atomic E-state index is 13.8. The van der Waals surface area contributed by atoms with Crippen molar-refractivity contribution in [2.45, 2.75) is 19.4 Å². The highest BCUT2D eigenvalue weighted by Gasteiger charge is 2.16. The molecule has 2 rings (SSSR count). The number of hydrogen-bond donors (Lipinski definition) is 1. The molecule has 100 valence electrons. The Kier molecular flexibility index (Phi) is 4.32. The van der Waals surface area contributed by atoms with Crippen molar-refractivity contribution in [1.29, 1.82) is 0 Å². The maximum Gasteiger partial charge on any atom is 0.129 e. The van der Waals surface area contributed by atoms with Crippen LogP contribution < -0.4 is 5.73 Å². The highest BCUT2D eigenvalue weighted by molar-refractivity contribution is 9.10. The summed E-state index contributed by atoms with van der Waals surface area (Å²) in [7, 11) is 0. The van der Waals surface area contributed by atoms with Gasteiger partial charge in [-0.3, -0.25) is 0 Å². The topological polar surface area (TPSA) is 26.0 Å². The molecule has 0 aliphatic rings. The Labute approximate surface area is 119 Å². The molecule has 19 heavy (non-hydrogen) atoms. The molecule has 0 radical (unpaired) electrons. The van der Waals surface area contributed by atoms with Crippen molar-refractivity contribution in [3.8, 4) is 0 Å². The fourth-order valence-electron chi connectivity index (χ4n) is 2.09. The van der Waals surface area contributed by atoms with Gasteiger partial charge in [0.2, 0.25) is 0 Å². The molecule has 2 aromatic carbocycles. The summed E-state index contributed by atoms with van der Waals surface area (Å²) in [4.78, 5) is 0. The van der Waals surface area contributed by atoms with Crippen LogP contribution in [0.15, 0.2) is 40.9 Å². The third-order valence-electron chi connectivity index (χ3n) is 3.11. The summed E-state index contributed by atoms with van der Waals surface area (Å²) in [5, 5.41) is 0. The fourth-order valence-corrected chi connectivity index (χ4v) is 2.73. The van der Waals surface area contributed by atoms with E-state index in [0.717, 1.165) is 11.1 Å². The Hall–Kier alpha value is -1.26. The van der Waals surface area contributed by atoms with Crippen LogP contribution in [0.25, 0.3) is 0 Å². The Bertz CT molecular complexity index is 578. The highest BCUT2D eigenvalue weighted by atomic mass is 79.9. The van der Waals surface area contributed by atoms with E-state index in [-0.39, 0.29) is 11.6 Å². The predicted molar refractivity (Wildman–Crippen MR) is 75.9 cm³/mol. The van der Waals surface area contributed by atoms with Gasteiger partial charge >= 0.3 is 0 Å². The van der Waals surface area contributed by atoms with Gasteiger partial charge in [-0.2, -0.15) is 0 Å². The van der Waals surface area contributed by atoms with Gasteiger partial charge in [-0.05, 0) is 48.7 Å². The second-order valence-corrected chi connectivity index (χ2v) is 5.37. The minimum absolute atomic E-state index is 0.276. The molecule has 2 aromatic rings. The number of benzene rings is 2. The lowest BCUT2D eigenvalue weighted by molar-refractivity contribution is 0.576. The number of rotatable bonds is 3. The smallest absolute Gasteiger partial charge is 0.129 e. The highest BCUT2D eigenvalue weighted by Crippen LogP contribution is 2.27. The van der Waals surface area contributed by atoms with Gasteiger partial charge in [-0.25, -0.2) is 8.78 Å². The van der Waals surface area contributed by atoms with E-state index < -0.39 is 6.04 Å². The minimum Gasteiger partial charge on any atom is -0.324 e. The van der Waals surface area contributed by atoms with Gasteiger partial charge < -0.3 is 5.73 Å². The quantitative estimate of drug-likeness (QED) is 0.895. The molecular formula is C15H14BrF2N. The first kappa shape index (κ1) is 14.2. The van der Waals surface area contributed by atoms with E-state index in [0.29, 0.717) is 16.5 Å². The van der Waals surface area contributed by atoms with E-state index in [1.165, 1.54) is 18.2 Å². The van der Waals surface area contributed by atoms with Crippen molar-refractivity contribution >= 4 is 15.9 Å². The third-order valence-corrected chi connectivity index (χ3v) is 3.81. The van der Waals surface area contributed by atoms with Crippen molar-refractivity contribution < 1.29 is 8.78 Å². The molecule has 4 heteroatoms. The van der Waals surface area contributed by atoms with Gasteiger partial charge in [0.15, 0.2) is 0 Å². The zero-order valence-electron chi connectivity index (χ0n) is 10.5. The van der Waals surface area contributed by atoms with Crippen molar-refractivity contribution in [1.82, 2.24) is 0 Å². The average Bonchev–Trinajstić information content (AvgIpc) is 2.32. The van der Waals surface area contributed by atoms with E-state index in [9.17, 15) is 8.78 Å². The van der Waals surface area contributed by atoms with E-state index in [1.54, 1.807) is 18.2 Å². The summed E-state index contributed by atoms with van der Waals surface area (Å²) in [5.41, 5.74) is 8.26. The standard InChI is InChI=1S/C15H14BrF2N/c1-9-7-11(17)6-5-10(9)8-14(19)15-12(16)3-2-4-13(15)18/h2-7,14H,8,19H2,1H3. The SMILES string of the molecule is Cc1cc(F)ccc1CC(N)c1c(F)cccc1Br. The number of nitrogens with two attached hydrogens (primary N) is 1. The summed E-state index contributed by atoms with van der Waals surface area (Å²) in [6.45, 7) is 1.82. The maximum atomic E-state index is 13.8. The molecule has 0 saturated carbocycles. The van der Waals surface area contributed by atoms with Crippen LogP contribution in [0.1, 0.15) is 22.7 Å². The summed E-state index contributed by atoms with van der Waals surface area (Å²) in [5.74, 6) is -0.608. The second kappa shape index (κ2) is 5.80. The number of hydrogen-bond acceptors (Lipinski definition) is 1. The van der Waals surface area contributed by atoms with Crippen LogP contribution in [-0.2, 0) is 6.42 Å². The molecule has 0 aromatic heterocycles. The first-order valence-corrected chi connectivity index (χ1v) is 6.73. The molecule has 0 spiro atoms. The molecule has 0 amide bonds. The van der Waals surface area contributed by atoms with Crippen molar-refractivity contribution in [3.63, 3.8) is 0 Å². The summed E-state index contributed by atoms with van der Waals surface area (Å²) in [6.07, 6.45) is 0.464. The number of halogens is 3. The second-order valence-electron chi connectivity index (χ2n) is 4.52. The van der Waals surface area contributed by atoms with Crippen molar-refractivity contribution in [3.05, 3.63) is 69.2 Å². The molecule has 0 saturated heterocycles. The molecular weight excluding hydrogens is 312 g/mol. The van der Waals surface area contributed by atoms with Crippen molar-refractivity contribution in [2.75, 3.05) is 0 Å². The average molecular weight is 326 g/mol. The van der Waals surface area contributed by atoms with Gasteiger partial charge in [0, 0.05) is 16.1 Å². The van der Waals surface area contributed by atoms with Crippen LogP contribution in [0, 0.1) is 18.6 Å². The van der Waals surface area contributed by atoms with Gasteiger partial charge in [-0.1, -0.05) is 28.1 Å². The minimum atomic E-state index is -0.472. The summed E-state index contributed by atoms with van der Waals surface area (Å²) in [6, 6.07) is 8.84. The summed E-state index contributed by atoms with van der Waals surface area (Å²) < 4.78 is 27.5. The largest absolute Gasteiger partial charge is 0.324 e. The monoisotopic (exact) mass is 325 g/mol. The van der Waals surface area contributed by atoms with Gasteiger partial charge in [0.25, 0.3) is 0 Å². The lowest BCUT2D eigenvalue weighted by Gasteiger charge is -2.16. The third kappa shape index (κ3) is 3.19. The molecule has 0 aliphatic carbocycles. The molecule has 1 nitrogen and oxygen atoms in total. The molecule has 0 aliphatic heterocycles. The van der Waals surface area contributed by atoms with Crippen molar-refractivity contribution in [2.24, 2.45) is 5.73 Å². The van der Waals surface area contributed by atoms with E-state index in [2.05, 4.69) is 15.9 Å². The zero-order chi connectivity index (χ0) is 14.0. The molecule has 1 unspecified atom stereocenters. The van der Waals surface area contributed by atoms with Crippen LogP contribution in [0.5, 0.6) is 0 Å². The Morgan fingerprint density at radius 3 is 2.58 bits per heavy atom. The fraction of sp³-hybridized carbons (Fsp3) is 0.200. The van der Waals surface area contributed by atoms with Gasteiger partial charge in [0.1, 0.15) is 11.6 Å². The normalized spacial score (nSPS) is 12.5. The zero-order valence-corrected chi connectivity index (χ0v) is 12.0. The Morgan fingerprint density at radius 1 is 1.21 bits per heavy atom. The van der Waals surface area contributed by atoms with Crippen LogP contribution in [0.3, 0.4) is 0 Å². The predicted octanol–water partition coefficient (Wildman–Crippen LogP) is 4.28. The van der Waals surface area contributed by atoms with Crippen LogP contribution in [0.2, 0.25) is 0 Å². The van der Waals surface area contributed by atoms with Gasteiger partial charge in [-0.15, -0.1) is 0 Å². The van der Waals surface area contributed by atoms with Crippen LogP contribution in [-0.4, -0.2) is 0 Å². The van der Waals surface area contributed by atoms with Gasteiger partial charge in [0.05, 0.1) is 0 Å². The first-order chi connectivity index (χ1) is 8.99. The Morgan fingerprint density at radius 2 is 1.95 bits per heavy atom. The first-order valence-electron chi connectivity index (χ1n) is 5.93. The van der Waals surface area contributed by atoms with E-state index in [1.807, 2.05) is 6.92 Å². The van der Waals surface area contributed by atoms with Crippen LogP contribution >= 0.6 is 15.9 Å². The molecule has 0 bridgehead atoms. The summed E-state index contributed by atoms with van der Waals surface area (Å²) >= 11 is 3.31. The van der Waals surface area contributed by atoms with E-state index in [4.69, 9.17) is 5.73 Å². The molecule has 0 fully saturated rings.